The van der Waals surface area contributed by atoms with Crippen LogP contribution in [0.4, 0.5) is 11.4 Å². The minimum Gasteiger partial charge on any atom is -0.457 e. The second-order valence-corrected chi connectivity index (χ2v) is 7.35. The summed E-state index contributed by atoms with van der Waals surface area (Å²) in [6.45, 7) is 2.22. The molecule has 0 radical (unpaired) electrons. The number of para-hydroxylation sites is 1. The normalized spacial score (nSPS) is 14.1. The molecular formula is C25H26N2O2. The van der Waals surface area contributed by atoms with Crippen LogP contribution in [0.15, 0.2) is 78.9 Å². The molecule has 0 unspecified atom stereocenters. The van der Waals surface area contributed by atoms with Crippen LogP contribution in [0.5, 0.6) is 11.5 Å². The molecule has 3 aromatic rings. The maximum absolute atomic E-state index is 12.7. The lowest BCUT2D eigenvalue weighted by molar-refractivity contribution is 0.102. The molecule has 1 aliphatic heterocycles. The van der Waals surface area contributed by atoms with Crippen LogP contribution < -0.4 is 15.0 Å². The van der Waals surface area contributed by atoms with Gasteiger partial charge in [0.1, 0.15) is 11.5 Å². The first-order valence-electron chi connectivity index (χ1n) is 10.3. The number of anilines is 2. The number of ether oxygens (including phenoxy) is 1. The van der Waals surface area contributed by atoms with E-state index in [-0.39, 0.29) is 5.91 Å². The van der Waals surface area contributed by atoms with Crippen molar-refractivity contribution < 1.29 is 9.53 Å². The number of hydrogen-bond acceptors (Lipinski definition) is 3. The summed E-state index contributed by atoms with van der Waals surface area (Å²) in [4.78, 5) is 15.1. The van der Waals surface area contributed by atoms with E-state index >= 15 is 0 Å². The first-order chi connectivity index (χ1) is 14.3. The number of amides is 1. The predicted molar refractivity (Wildman–Crippen MR) is 118 cm³/mol. The third kappa shape index (κ3) is 5.17. The Bertz CT molecular complexity index is 931. The maximum Gasteiger partial charge on any atom is 0.255 e. The van der Waals surface area contributed by atoms with Gasteiger partial charge in [-0.3, -0.25) is 4.79 Å². The van der Waals surface area contributed by atoms with Gasteiger partial charge < -0.3 is 15.0 Å². The minimum absolute atomic E-state index is 0.147. The van der Waals surface area contributed by atoms with Gasteiger partial charge in [-0.2, -0.15) is 0 Å². The van der Waals surface area contributed by atoms with Crippen LogP contribution in [0.1, 0.15) is 36.0 Å². The van der Waals surface area contributed by atoms with Gasteiger partial charge in [0.2, 0.25) is 0 Å². The van der Waals surface area contributed by atoms with E-state index < -0.39 is 0 Å². The van der Waals surface area contributed by atoms with E-state index in [2.05, 4.69) is 22.3 Å². The molecule has 1 aliphatic rings. The van der Waals surface area contributed by atoms with Gasteiger partial charge in [-0.15, -0.1) is 0 Å². The van der Waals surface area contributed by atoms with Gasteiger partial charge in [0.05, 0.1) is 0 Å². The summed E-state index contributed by atoms with van der Waals surface area (Å²) in [6, 6.07) is 24.9. The molecule has 1 N–H and O–H groups in total. The fourth-order valence-electron chi connectivity index (χ4n) is 3.61. The van der Waals surface area contributed by atoms with Crippen LogP contribution in [-0.4, -0.2) is 19.0 Å². The average Bonchev–Trinajstić information content (AvgIpc) is 3.05. The zero-order valence-electron chi connectivity index (χ0n) is 16.5. The Balaban J connectivity index is 1.40. The molecule has 0 bridgehead atoms. The Morgan fingerprint density at radius 1 is 0.759 bits per heavy atom. The second-order valence-electron chi connectivity index (χ2n) is 7.35. The molecule has 0 atom stereocenters. The molecule has 3 aromatic carbocycles. The molecule has 0 saturated carbocycles. The van der Waals surface area contributed by atoms with Crippen LogP contribution in [0, 0.1) is 0 Å². The molecule has 1 heterocycles. The summed E-state index contributed by atoms with van der Waals surface area (Å²) in [5.74, 6) is 1.24. The van der Waals surface area contributed by atoms with E-state index in [4.69, 9.17) is 4.74 Å². The van der Waals surface area contributed by atoms with Crippen molar-refractivity contribution >= 4 is 17.3 Å². The van der Waals surface area contributed by atoms with E-state index in [1.165, 1.54) is 31.4 Å². The summed E-state index contributed by atoms with van der Waals surface area (Å²) < 4.78 is 5.83. The molecule has 0 aromatic heterocycles. The van der Waals surface area contributed by atoms with E-state index in [1.807, 2.05) is 54.6 Å². The van der Waals surface area contributed by atoms with Gasteiger partial charge in [0.15, 0.2) is 0 Å². The number of nitrogens with zero attached hydrogens (tertiary/aromatic N) is 1. The van der Waals surface area contributed by atoms with Gasteiger partial charge in [-0.25, -0.2) is 0 Å². The molecule has 4 heteroatoms. The molecule has 4 nitrogen and oxygen atoms in total. The SMILES string of the molecule is O=C(Nc1ccc(N2CCCCCC2)cc1)c1cccc(Oc2ccccc2)c1. The Morgan fingerprint density at radius 3 is 2.17 bits per heavy atom. The minimum atomic E-state index is -0.147. The maximum atomic E-state index is 12.7. The summed E-state index contributed by atoms with van der Waals surface area (Å²) in [5, 5.41) is 2.98. The van der Waals surface area contributed by atoms with Crippen molar-refractivity contribution in [3.63, 3.8) is 0 Å². The molecule has 4 rings (SSSR count). The van der Waals surface area contributed by atoms with Gasteiger partial charge in [0, 0.05) is 30.0 Å². The third-order valence-electron chi connectivity index (χ3n) is 5.17. The van der Waals surface area contributed by atoms with Crippen molar-refractivity contribution in [1.82, 2.24) is 0 Å². The van der Waals surface area contributed by atoms with Crippen molar-refractivity contribution in [3.05, 3.63) is 84.4 Å². The first-order valence-corrected chi connectivity index (χ1v) is 10.3. The zero-order chi connectivity index (χ0) is 19.9. The highest BCUT2D eigenvalue weighted by Gasteiger charge is 2.11. The van der Waals surface area contributed by atoms with E-state index in [0.717, 1.165) is 24.5 Å². The quantitative estimate of drug-likeness (QED) is 0.575. The number of carbonyl (C=O) groups is 1. The van der Waals surface area contributed by atoms with Gasteiger partial charge in [0.25, 0.3) is 5.91 Å². The molecule has 1 fully saturated rings. The Labute approximate surface area is 172 Å². The monoisotopic (exact) mass is 386 g/mol. The smallest absolute Gasteiger partial charge is 0.255 e. The van der Waals surface area contributed by atoms with Crippen LogP contribution in [0.3, 0.4) is 0 Å². The van der Waals surface area contributed by atoms with Gasteiger partial charge in [-0.1, -0.05) is 37.1 Å². The van der Waals surface area contributed by atoms with Crippen molar-refractivity contribution in [2.75, 3.05) is 23.3 Å². The van der Waals surface area contributed by atoms with Crippen LogP contribution in [-0.2, 0) is 0 Å². The van der Waals surface area contributed by atoms with Crippen LogP contribution in [0.25, 0.3) is 0 Å². The number of carbonyl (C=O) groups excluding carboxylic acids is 1. The number of benzene rings is 3. The number of rotatable bonds is 5. The number of hydrogen-bond donors (Lipinski definition) is 1. The van der Waals surface area contributed by atoms with E-state index in [9.17, 15) is 4.79 Å². The van der Waals surface area contributed by atoms with Gasteiger partial charge >= 0.3 is 0 Å². The highest BCUT2D eigenvalue weighted by atomic mass is 16.5. The molecular weight excluding hydrogens is 360 g/mol. The van der Waals surface area contributed by atoms with Crippen molar-refractivity contribution in [1.29, 1.82) is 0 Å². The fourth-order valence-corrected chi connectivity index (χ4v) is 3.61. The van der Waals surface area contributed by atoms with Crippen molar-refractivity contribution in [3.8, 4) is 11.5 Å². The Morgan fingerprint density at radius 2 is 1.45 bits per heavy atom. The highest BCUT2D eigenvalue weighted by molar-refractivity contribution is 6.04. The van der Waals surface area contributed by atoms with Crippen LogP contribution in [0.2, 0.25) is 0 Å². The second kappa shape index (κ2) is 9.28. The topological polar surface area (TPSA) is 41.6 Å². The average molecular weight is 386 g/mol. The highest BCUT2D eigenvalue weighted by Crippen LogP contribution is 2.24. The predicted octanol–water partition coefficient (Wildman–Crippen LogP) is 6.11. The first kappa shape index (κ1) is 19.1. The molecule has 148 valence electrons. The standard InChI is InChI=1S/C25H26N2O2/c28-25(20-9-8-12-24(19-20)29-23-10-4-3-5-11-23)26-21-13-15-22(16-14-21)27-17-6-1-2-7-18-27/h3-5,8-16,19H,1-2,6-7,17-18H2,(H,26,28). The van der Waals surface area contributed by atoms with Crippen LogP contribution >= 0.6 is 0 Å². The summed E-state index contributed by atoms with van der Waals surface area (Å²) >= 11 is 0. The van der Waals surface area contributed by atoms with E-state index in [0.29, 0.717) is 11.3 Å². The Kier molecular flexibility index (Phi) is 6.10. The molecule has 0 spiro atoms. The molecule has 29 heavy (non-hydrogen) atoms. The largest absolute Gasteiger partial charge is 0.457 e. The summed E-state index contributed by atoms with van der Waals surface area (Å²) in [5.41, 5.74) is 2.58. The number of nitrogens with one attached hydrogen (secondary N) is 1. The van der Waals surface area contributed by atoms with Crippen molar-refractivity contribution in [2.45, 2.75) is 25.7 Å². The Hall–Kier alpha value is -3.27. The molecule has 0 aliphatic carbocycles. The fraction of sp³-hybridized carbons (Fsp3) is 0.240. The van der Waals surface area contributed by atoms with Gasteiger partial charge in [-0.05, 0) is 67.4 Å². The lowest BCUT2D eigenvalue weighted by Crippen LogP contribution is -2.23. The molecule has 1 amide bonds. The van der Waals surface area contributed by atoms with E-state index in [1.54, 1.807) is 12.1 Å². The lowest BCUT2D eigenvalue weighted by atomic mass is 10.2. The zero-order valence-corrected chi connectivity index (χ0v) is 16.5. The molecule has 1 saturated heterocycles. The third-order valence-corrected chi connectivity index (χ3v) is 5.17. The summed E-state index contributed by atoms with van der Waals surface area (Å²) in [6.07, 6.45) is 5.13. The van der Waals surface area contributed by atoms with Crippen molar-refractivity contribution in [2.24, 2.45) is 0 Å². The lowest BCUT2D eigenvalue weighted by Gasteiger charge is -2.22. The summed E-state index contributed by atoms with van der Waals surface area (Å²) in [7, 11) is 0.